The van der Waals surface area contributed by atoms with Gasteiger partial charge in [-0.2, -0.15) is 18.3 Å². The first-order chi connectivity index (χ1) is 9.21. The molecule has 0 atom stereocenters. The minimum atomic E-state index is -4.59. The van der Waals surface area contributed by atoms with Crippen LogP contribution in [0.1, 0.15) is 22.4 Å². The second-order valence-electron chi connectivity index (χ2n) is 4.47. The van der Waals surface area contributed by atoms with Gasteiger partial charge >= 0.3 is 6.18 Å². The van der Waals surface area contributed by atoms with Crippen molar-refractivity contribution in [1.82, 2.24) is 9.78 Å². The zero-order chi connectivity index (χ0) is 15.1. The van der Waals surface area contributed by atoms with Gasteiger partial charge in [-0.1, -0.05) is 24.4 Å². The number of nitrogens with zero attached hydrogens (tertiary/aromatic N) is 2. The number of aromatic nitrogens is 2. The lowest BCUT2D eigenvalue weighted by atomic mass is 10.1. The molecule has 0 spiro atoms. The van der Waals surface area contributed by atoms with E-state index in [1.54, 1.807) is 26.0 Å². The number of thiocarbonyl (C=S) groups is 1. The molecule has 2 aromatic rings. The molecule has 2 rings (SSSR count). The van der Waals surface area contributed by atoms with Crippen LogP contribution in [-0.2, 0) is 6.18 Å². The lowest BCUT2D eigenvalue weighted by Gasteiger charge is -2.14. The number of aryl methyl sites for hydroxylation is 2. The summed E-state index contributed by atoms with van der Waals surface area (Å²) in [6.45, 7) is 3.52. The largest absolute Gasteiger partial charge is 0.434 e. The van der Waals surface area contributed by atoms with Gasteiger partial charge in [0.25, 0.3) is 0 Å². The average molecular weight is 299 g/mol. The Balaban J connectivity index is 2.75. The van der Waals surface area contributed by atoms with Crippen molar-refractivity contribution in [3.05, 3.63) is 46.8 Å². The Morgan fingerprint density at radius 3 is 2.50 bits per heavy atom. The molecule has 106 valence electrons. The Labute approximate surface area is 119 Å². The summed E-state index contributed by atoms with van der Waals surface area (Å²) in [4.78, 5) is -0.325. The van der Waals surface area contributed by atoms with Crippen molar-refractivity contribution >= 4 is 17.2 Å². The van der Waals surface area contributed by atoms with Gasteiger partial charge in [0.05, 0.1) is 17.4 Å². The van der Waals surface area contributed by atoms with Gasteiger partial charge in [-0.25, -0.2) is 4.68 Å². The van der Waals surface area contributed by atoms with Crippen LogP contribution in [0.15, 0.2) is 24.4 Å². The number of nitrogens with two attached hydrogens (primary N) is 1. The third-order valence-corrected chi connectivity index (χ3v) is 3.12. The van der Waals surface area contributed by atoms with Crippen molar-refractivity contribution in [3.63, 3.8) is 0 Å². The van der Waals surface area contributed by atoms with Crippen LogP contribution in [0.2, 0.25) is 0 Å². The van der Waals surface area contributed by atoms with Crippen LogP contribution in [0.5, 0.6) is 0 Å². The highest BCUT2D eigenvalue weighted by atomic mass is 32.1. The Morgan fingerprint density at radius 2 is 1.95 bits per heavy atom. The van der Waals surface area contributed by atoms with Gasteiger partial charge in [0.2, 0.25) is 0 Å². The molecule has 0 unspecified atom stereocenters. The molecule has 0 aliphatic carbocycles. The molecule has 0 saturated heterocycles. The van der Waals surface area contributed by atoms with Crippen LogP contribution in [-0.4, -0.2) is 14.8 Å². The van der Waals surface area contributed by atoms with Crippen molar-refractivity contribution in [2.75, 3.05) is 0 Å². The van der Waals surface area contributed by atoms with Gasteiger partial charge in [-0.15, -0.1) is 0 Å². The van der Waals surface area contributed by atoms with Gasteiger partial charge in [-0.05, 0) is 31.0 Å². The number of halogens is 3. The molecule has 0 saturated carbocycles. The molecule has 1 heterocycles. The van der Waals surface area contributed by atoms with Gasteiger partial charge in [0, 0.05) is 0 Å². The second kappa shape index (κ2) is 4.90. The van der Waals surface area contributed by atoms with Crippen LogP contribution in [0.3, 0.4) is 0 Å². The summed E-state index contributed by atoms with van der Waals surface area (Å²) >= 11 is 4.66. The number of alkyl halides is 3. The highest BCUT2D eigenvalue weighted by molar-refractivity contribution is 7.80. The first-order valence-electron chi connectivity index (χ1n) is 5.74. The van der Waals surface area contributed by atoms with E-state index in [-0.39, 0.29) is 10.6 Å². The fraction of sp³-hybridized carbons (Fsp3) is 0.231. The minimum Gasteiger partial charge on any atom is -0.389 e. The molecule has 0 bridgehead atoms. The summed E-state index contributed by atoms with van der Waals surface area (Å²) < 4.78 is 40.6. The maximum absolute atomic E-state index is 13.2. The molecular formula is C13H12F3N3S. The molecule has 0 amide bonds. The Bertz CT molecular complexity index is 674. The van der Waals surface area contributed by atoms with Crippen molar-refractivity contribution in [2.45, 2.75) is 20.0 Å². The third kappa shape index (κ3) is 2.53. The highest BCUT2D eigenvalue weighted by Gasteiger charge is 2.39. The molecular weight excluding hydrogens is 287 g/mol. The molecule has 0 radical (unpaired) electrons. The van der Waals surface area contributed by atoms with Crippen molar-refractivity contribution in [3.8, 4) is 5.69 Å². The summed E-state index contributed by atoms with van der Waals surface area (Å²) in [6, 6.07) is 5.21. The van der Waals surface area contributed by atoms with Crippen LogP contribution in [0.4, 0.5) is 13.2 Å². The molecule has 7 heteroatoms. The van der Waals surface area contributed by atoms with Gasteiger partial charge in [0.1, 0.15) is 4.99 Å². The summed E-state index contributed by atoms with van der Waals surface area (Å²) in [5.74, 6) is 0. The van der Waals surface area contributed by atoms with Crippen LogP contribution in [0.25, 0.3) is 5.69 Å². The van der Waals surface area contributed by atoms with E-state index < -0.39 is 11.9 Å². The third-order valence-electron chi connectivity index (χ3n) is 2.90. The SMILES string of the molecule is Cc1ccc(C)c(-n2ncc(C(N)=S)c2C(F)(F)F)c1. The quantitative estimate of drug-likeness (QED) is 0.866. The smallest absolute Gasteiger partial charge is 0.389 e. The molecule has 1 aromatic heterocycles. The molecule has 0 aliphatic rings. The predicted molar refractivity (Wildman–Crippen MR) is 73.9 cm³/mol. The normalized spacial score (nSPS) is 11.7. The fourth-order valence-electron chi connectivity index (χ4n) is 1.93. The second-order valence-corrected chi connectivity index (χ2v) is 4.91. The fourth-order valence-corrected chi connectivity index (χ4v) is 2.08. The van der Waals surface area contributed by atoms with Crippen LogP contribution in [0, 0.1) is 13.8 Å². The standard InChI is InChI=1S/C13H12F3N3S/c1-7-3-4-8(2)10(5-7)19-11(13(14,15)16)9(6-18-19)12(17)20/h3-6H,1-2H3,(H2,17,20). The minimum absolute atomic E-state index is 0.270. The maximum atomic E-state index is 13.2. The summed E-state index contributed by atoms with van der Waals surface area (Å²) in [5, 5.41) is 3.81. The topological polar surface area (TPSA) is 43.8 Å². The van der Waals surface area contributed by atoms with Gasteiger partial charge in [0.15, 0.2) is 5.69 Å². The first kappa shape index (κ1) is 14.5. The summed E-state index contributed by atoms with van der Waals surface area (Å²) in [6.07, 6.45) is -3.54. The lowest BCUT2D eigenvalue weighted by molar-refractivity contribution is -0.142. The van der Waals surface area contributed by atoms with E-state index >= 15 is 0 Å². The Kier molecular flexibility index (Phi) is 3.56. The zero-order valence-electron chi connectivity index (χ0n) is 10.8. The molecule has 3 nitrogen and oxygen atoms in total. The van der Waals surface area contributed by atoms with Crippen molar-refractivity contribution in [1.29, 1.82) is 0 Å². The highest BCUT2D eigenvalue weighted by Crippen LogP contribution is 2.34. The lowest BCUT2D eigenvalue weighted by Crippen LogP contribution is -2.20. The predicted octanol–water partition coefficient (Wildman–Crippen LogP) is 3.14. The van der Waals surface area contributed by atoms with E-state index in [0.717, 1.165) is 16.4 Å². The number of hydrogen-bond donors (Lipinski definition) is 1. The van der Waals surface area contributed by atoms with Crippen LogP contribution >= 0.6 is 12.2 Å². The first-order valence-corrected chi connectivity index (χ1v) is 6.15. The monoisotopic (exact) mass is 299 g/mol. The number of hydrogen-bond acceptors (Lipinski definition) is 2. The summed E-state index contributed by atoms with van der Waals surface area (Å²) in [5.41, 5.74) is 6.01. The van der Waals surface area contributed by atoms with Gasteiger partial charge < -0.3 is 5.73 Å². The van der Waals surface area contributed by atoms with E-state index in [2.05, 4.69) is 17.3 Å². The van der Waals surface area contributed by atoms with E-state index in [4.69, 9.17) is 5.73 Å². The maximum Gasteiger partial charge on any atom is 0.434 e. The molecule has 20 heavy (non-hydrogen) atoms. The molecule has 1 aromatic carbocycles. The number of benzene rings is 1. The Hall–Kier alpha value is -1.89. The average Bonchev–Trinajstić information content (AvgIpc) is 2.76. The summed E-state index contributed by atoms with van der Waals surface area (Å²) in [7, 11) is 0. The molecule has 0 fully saturated rings. The van der Waals surface area contributed by atoms with Crippen molar-refractivity contribution in [2.24, 2.45) is 5.73 Å². The van der Waals surface area contributed by atoms with E-state index in [0.29, 0.717) is 11.3 Å². The Morgan fingerprint density at radius 1 is 1.30 bits per heavy atom. The van der Waals surface area contributed by atoms with E-state index in [1.807, 2.05) is 6.07 Å². The van der Waals surface area contributed by atoms with E-state index in [1.165, 1.54) is 0 Å². The number of rotatable bonds is 2. The van der Waals surface area contributed by atoms with Gasteiger partial charge in [-0.3, -0.25) is 0 Å². The zero-order valence-corrected chi connectivity index (χ0v) is 11.6. The van der Waals surface area contributed by atoms with Crippen molar-refractivity contribution < 1.29 is 13.2 Å². The van der Waals surface area contributed by atoms with E-state index in [9.17, 15) is 13.2 Å². The van der Waals surface area contributed by atoms with Crippen LogP contribution < -0.4 is 5.73 Å². The molecule has 2 N–H and O–H groups in total. The molecule has 0 aliphatic heterocycles.